The van der Waals surface area contributed by atoms with Crippen LogP contribution in [-0.4, -0.2) is 111 Å². The third kappa shape index (κ3) is 11.3. The zero-order chi connectivity index (χ0) is 41.1. The van der Waals surface area contributed by atoms with Crippen LogP contribution in [0.2, 0.25) is 0 Å². The first kappa shape index (κ1) is 42.7. The molecule has 4 heterocycles. The van der Waals surface area contributed by atoms with Crippen LogP contribution in [0, 0.1) is 0 Å². The van der Waals surface area contributed by atoms with Crippen LogP contribution in [-0.2, 0) is 66.7 Å². The predicted octanol–water partition coefficient (Wildman–Crippen LogP) is -0.931. The van der Waals surface area contributed by atoms with Gasteiger partial charge in [0, 0.05) is 78.9 Å². The van der Waals surface area contributed by atoms with Crippen LogP contribution in [0.25, 0.3) is 0 Å². The second kappa shape index (κ2) is 19.5. The van der Waals surface area contributed by atoms with E-state index < -0.39 is 96.7 Å². The van der Waals surface area contributed by atoms with Crippen molar-refractivity contribution < 1.29 is 85.4 Å². The van der Waals surface area contributed by atoms with Gasteiger partial charge in [0.25, 0.3) is 11.4 Å². The van der Waals surface area contributed by atoms with Gasteiger partial charge in [0.2, 0.25) is 12.2 Å². The molecular weight excluding hydrogens is 744 g/mol. The molecule has 2 N–H and O–H groups in total. The molecule has 4 rings (SSSR count). The summed E-state index contributed by atoms with van der Waals surface area (Å²) in [6, 6.07) is 9.27. The summed E-state index contributed by atoms with van der Waals surface area (Å²) in [7, 11) is 0. The molecule has 20 nitrogen and oxygen atoms in total. The Hall–Kier alpha value is -6.02. The molecule has 8 atom stereocenters. The van der Waals surface area contributed by atoms with Gasteiger partial charge in [-0.3, -0.25) is 38.4 Å². The van der Waals surface area contributed by atoms with E-state index in [-0.39, 0.29) is 37.7 Å². The van der Waals surface area contributed by atoms with Crippen molar-refractivity contribution in [3.8, 4) is 0 Å². The Bertz CT molecular complexity index is 1690. The lowest BCUT2D eigenvalue weighted by Gasteiger charge is -2.21. The molecule has 2 amide bonds. The molecule has 20 heteroatoms. The average Bonchev–Trinajstić information content (AvgIpc) is 3.62. The van der Waals surface area contributed by atoms with Gasteiger partial charge in [0.05, 0.1) is 0 Å². The first-order valence-electron chi connectivity index (χ1n) is 17.4. The van der Waals surface area contributed by atoms with Gasteiger partial charge in [-0.15, -0.1) is 0 Å². The molecule has 2 aliphatic heterocycles. The van der Waals surface area contributed by atoms with Crippen molar-refractivity contribution in [3.63, 3.8) is 0 Å². The lowest BCUT2D eigenvalue weighted by atomic mass is 10.1. The normalized spacial score (nSPS) is 23.9. The lowest BCUT2D eigenvalue weighted by Crippen LogP contribution is -2.54. The quantitative estimate of drug-likeness (QED) is 0.0959. The first-order chi connectivity index (χ1) is 26.6. The highest BCUT2D eigenvalue weighted by atomic mass is 16.7. The molecule has 2 aromatic heterocycles. The van der Waals surface area contributed by atoms with Crippen molar-refractivity contribution in [1.29, 1.82) is 0 Å². The zero-order valence-corrected chi connectivity index (χ0v) is 31.5. The molecule has 302 valence electrons. The highest BCUT2D eigenvalue weighted by molar-refractivity contribution is 5.92. The van der Waals surface area contributed by atoms with Crippen LogP contribution in [0.4, 0.5) is 0 Å². The summed E-state index contributed by atoms with van der Waals surface area (Å²) in [6.45, 7) is 6.14. The largest absolute Gasteiger partial charge is 0.463 e. The molecule has 2 fully saturated rings. The monoisotopic (exact) mass is 788 g/mol. The number of esters is 6. The fourth-order valence-corrected chi connectivity index (χ4v) is 6.11. The summed E-state index contributed by atoms with van der Waals surface area (Å²) in [6.07, 6.45) is -6.37. The summed E-state index contributed by atoms with van der Waals surface area (Å²) < 4.78 is 46.9. The Balaban J connectivity index is 1.48. The predicted molar refractivity (Wildman–Crippen MR) is 181 cm³/mol. The van der Waals surface area contributed by atoms with Crippen molar-refractivity contribution in [2.24, 2.45) is 0 Å². The maximum Gasteiger partial charge on any atom is 0.316 e. The lowest BCUT2D eigenvalue weighted by molar-refractivity contribution is -0.767. The Morgan fingerprint density at radius 3 is 1.18 bits per heavy atom. The summed E-state index contributed by atoms with van der Waals surface area (Å²) in [5.74, 6) is -5.35. The van der Waals surface area contributed by atoms with E-state index in [1.807, 2.05) is 0 Å². The van der Waals surface area contributed by atoms with E-state index in [9.17, 15) is 38.4 Å². The highest BCUT2D eigenvalue weighted by Crippen LogP contribution is 2.33. The van der Waals surface area contributed by atoms with Crippen LogP contribution in [0.3, 0.4) is 0 Å². The molecule has 56 heavy (non-hydrogen) atoms. The molecule has 2 aromatic rings. The van der Waals surface area contributed by atoms with Gasteiger partial charge in [-0.05, 0) is 12.1 Å². The number of hydrogen-bond acceptors (Lipinski definition) is 16. The molecular formula is C36H44N4O16+2. The fraction of sp³-hybridized carbons (Fsp3) is 0.500. The van der Waals surface area contributed by atoms with E-state index >= 15 is 0 Å². The maximum absolute atomic E-state index is 13.5. The standard InChI is InChI=1S/C36H42N4O16/c1-19(41)49-17-27-29(51-21(3)43)31(53-23(5)45)35(55-27)39-15-9-7-11-25(39)33(47)37-13-14-38-34(48)26-12-8-10-16-40(26)36-32(54-24(6)46)30(52-22(4)44)28(56-36)18-50-20(2)42/h7-12,15-16,27-32,35-36H,13-14,17-18H2,1-6H3/p+2/t27-,28-,29-,30-,31-,32-,35-,36-/m1/s1. The third-order valence-electron chi connectivity index (χ3n) is 8.17. The number of amides is 2. The van der Waals surface area contributed by atoms with E-state index in [4.69, 9.17) is 37.9 Å². The molecule has 2 saturated heterocycles. The molecule has 0 spiro atoms. The number of hydrogen-bond donors (Lipinski definition) is 2. The van der Waals surface area contributed by atoms with Crippen molar-refractivity contribution in [2.75, 3.05) is 26.3 Å². The molecule has 0 aromatic carbocycles. The number of nitrogens with zero attached hydrogens (tertiary/aromatic N) is 2. The van der Waals surface area contributed by atoms with Crippen molar-refractivity contribution in [2.45, 2.75) is 90.6 Å². The van der Waals surface area contributed by atoms with Crippen molar-refractivity contribution >= 4 is 47.6 Å². The molecule has 2 aliphatic rings. The average molecular weight is 789 g/mol. The second-order valence-electron chi connectivity index (χ2n) is 12.5. The summed E-state index contributed by atoms with van der Waals surface area (Å²) in [5.41, 5.74) is 0.0780. The topological polar surface area (TPSA) is 242 Å². The number of carbonyl (C=O) groups excluding carboxylic acids is 8. The molecule has 0 unspecified atom stereocenters. The number of rotatable bonds is 15. The van der Waals surface area contributed by atoms with E-state index in [0.29, 0.717) is 0 Å². The van der Waals surface area contributed by atoms with Crippen molar-refractivity contribution in [3.05, 3.63) is 60.2 Å². The van der Waals surface area contributed by atoms with Gasteiger partial charge in [0.1, 0.15) is 25.4 Å². The number of nitrogens with one attached hydrogen (secondary N) is 2. The van der Waals surface area contributed by atoms with E-state index in [0.717, 1.165) is 27.7 Å². The summed E-state index contributed by atoms with van der Waals surface area (Å²) in [4.78, 5) is 98.3. The van der Waals surface area contributed by atoms with Crippen molar-refractivity contribution in [1.82, 2.24) is 10.6 Å². The Morgan fingerprint density at radius 2 is 0.857 bits per heavy atom. The molecule has 0 bridgehead atoms. The van der Waals surface area contributed by atoms with Crippen LogP contribution in [0.1, 0.15) is 75.0 Å². The Morgan fingerprint density at radius 1 is 0.518 bits per heavy atom. The Kier molecular flexibility index (Phi) is 14.9. The minimum absolute atomic E-state index is 0.0390. The van der Waals surface area contributed by atoms with Gasteiger partial charge < -0.3 is 48.5 Å². The maximum atomic E-state index is 13.5. The molecule has 0 radical (unpaired) electrons. The van der Waals surface area contributed by atoms with Gasteiger partial charge in [0.15, 0.2) is 24.6 Å². The summed E-state index contributed by atoms with van der Waals surface area (Å²) in [5, 5.41) is 5.40. The smallest absolute Gasteiger partial charge is 0.316 e. The van der Waals surface area contributed by atoms with Crippen LogP contribution >= 0.6 is 0 Å². The Labute approximate surface area is 320 Å². The zero-order valence-electron chi connectivity index (χ0n) is 31.5. The second-order valence-corrected chi connectivity index (χ2v) is 12.5. The van der Waals surface area contributed by atoms with E-state index in [1.54, 1.807) is 24.3 Å². The molecule has 0 saturated carbocycles. The number of ether oxygens (including phenoxy) is 8. The number of pyridine rings is 2. The number of carbonyl (C=O) groups is 8. The van der Waals surface area contributed by atoms with Gasteiger partial charge in [-0.1, -0.05) is 0 Å². The minimum Gasteiger partial charge on any atom is -0.463 e. The van der Waals surface area contributed by atoms with Crippen LogP contribution < -0.4 is 19.8 Å². The van der Waals surface area contributed by atoms with Gasteiger partial charge in [-0.25, -0.2) is 0 Å². The van der Waals surface area contributed by atoms with E-state index in [2.05, 4.69) is 10.6 Å². The SMILES string of the molecule is CC(=O)OC[C@H]1O[C@@H]([n+]2ccccc2C(=O)NCCNC(=O)c2cccc[n+]2[C@@H]2O[C@H](COC(C)=O)[C@@H](OC(C)=O)[C@H]2OC(C)=O)[C@H](OC(C)=O)[C@@H]1OC(C)=O. The van der Waals surface area contributed by atoms with Crippen LogP contribution in [0.5, 0.6) is 0 Å². The fourth-order valence-electron chi connectivity index (χ4n) is 6.11. The number of aromatic nitrogens is 2. The van der Waals surface area contributed by atoms with E-state index in [1.165, 1.54) is 47.5 Å². The minimum atomic E-state index is -1.24. The van der Waals surface area contributed by atoms with Crippen LogP contribution in [0.15, 0.2) is 48.8 Å². The van der Waals surface area contributed by atoms with Gasteiger partial charge >= 0.3 is 60.1 Å². The third-order valence-corrected chi connectivity index (χ3v) is 8.17. The summed E-state index contributed by atoms with van der Waals surface area (Å²) >= 11 is 0. The molecule has 0 aliphatic carbocycles. The highest BCUT2D eigenvalue weighted by Gasteiger charge is 2.57. The first-order valence-corrected chi connectivity index (χ1v) is 17.4. The van der Waals surface area contributed by atoms with Gasteiger partial charge in [-0.2, -0.15) is 9.13 Å².